The van der Waals surface area contributed by atoms with Gasteiger partial charge < -0.3 is 5.32 Å². The van der Waals surface area contributed by atoms with Gasteiger partial charge in [-0.15, -0.1) is 0 Å². The Morgan fingerprint density at radius 3 is 2.39 bits per heavy atom. The number of aryl methyl sites for hydroxylation is 2. The van der Waals surface area contributed by atoms with Crippen LogP contribution in [0, 0.1) is 18.3 Å². The molecule has 1 heterocycles. The Kier molecular flexibility index (Phi) is 5.23. The van der Waals surface area contributed by atoms with Crippen LogP contribution in [-0.4, -0.2) is 22.9 Å². The van der Waals surface area contributed by atoms with Gasteiger partial charge in [-0.2, -0.15) is 5.10 Å². The number of nitrogens with one attached hydrogen (secondary N) is 1. The maximum atomic E-state index is 6.32. The van der Waals surface area contributed by atoms with Crippen molar-refractivity contribution in [1.82, 2.24) is 15.1 Å². The van der Waals surface area contributed by atoms with Crippen LogP contribution < -0.4 is 5.32 Å². The molecule has 0 radical (unpaired) electrons. The Morgan fingerprint density at radius 2 is 2.00 bits per heavy atom. The van der Waals surface area contributed by atoms with Gasteiger partial charge in [0.2, 0.25) is 0 Å². The lowest BCUT2D eigenvalue weighted by Gasteiger charge is -2.31. The van der Waals surface area contributed by atoms with Crippen LogP contribution in [-0.2, 0) is 13.5 Å². The van der Waals surface area contributed by atoms with Gasteiger partial charge in [0.25, 0.3) is 0 Å². The van der Waals surface area contributed by atoms with Crippen LogP contribution in [0.3, 0.4) is 0 Å². The summed E-state index contributed by atoms with van der Waals surface area (Å²) in [6, 6.07) is 0. The first kappa shape index (κ1) is 15.5. The molecule has 0 spiro atoms. The van der Waals surface area contributed by atoms with Gasteiger partial charge in [-0.25, -0.2) is 0 Å². The summed E-state index contributed by atoms with van der Waals surface area (Å²) in [5.74, 6) is 0.554. The van der Waals surface area contributed by atoms with Crippen molar-refractivity contribution in [2.24, 2.45) is 18.4 Å². The van der Waals surface area contributed by atoms with Gasteiger partial charge in [-0.3, -0.25) is 4.68 Å². The average molecular weight is 272 g/mol. The van der Waals surface area contributed by atoms with Crippen LogP contribution in [0.4, 0.5) is 0 Å². The highest BCUT2D eigenvalue weighted by molar-refractivity contribution is 6.30. The molecule has 0 fully saturated rings. The predicted molar refractivity (Wildman–Crippen MR) is 78.1 cm³/mol. The maximum Gasteiger partial charge on any atom is 0.130 e. The van der Waals surface area contributed by atoms with Crippen molar-refractivity contribution in [3.8, 4) is 0 Å². The van der Waals surface area contributed by atoms with Gasteiger partial charge in [0.1, 0.15) is 5.15 Å². The first-order valence-corrected chi connectivity index (χ1v) is 7.03. The Balaban J connectivity index is 2.89. The van der Waals surface area contributed by atoms with Crippen LogP contribution in [0.15, 0.2) is 0 Å². The van der Waals surface area contributed by atoms with Gasteiger partial charge in [0.05, 0.1) is 5.69 Å². The molecule has 1 N–H and O–H groups in total. The summed E-state index contributed by atoms with van der Waals surface area (Å²) >= 11 is 6.32. The van der Waals surface area contributed by atoms with E-state index in [1.807, 2.05) is 14.0 Å². The van der Waals surface area contributed by atoms with Gasteiger partial charge >= 0.3 is 0 Å². The number of hydrogen-bond donors (Lipinski definition) is 1. The monoisotopic (exact) mass is 271 g/mol. The van der Waals surface area contributed by atoms with Crippen molar-refractivity contribution in [3.63, 3.8) is 0 Å². The highest BCUT2D eigenvalue weighted by Crippen LogP contribution is 2.31. The number of aromatic nitrogens is 2. The molecular weight excluding hydrogens is 246 g/mol. The van der Waals surface area contributed by atoms with Crippen LogP contribution in [0.2, 0.25) is 5.15 Å². The minimum absolute atomic E-state index is 0.258. The quantitative estimate of drug-likeness (QED) is 0.891. The maximum absolute atomic E-state index is 6.32. The molecule has 1 aromatic rings. The summed E-state index contributed by atoms with van der Waals surface area (Å²) < 4.78 is 1.76. The fourth-order valence-electron chi connectivity index (χ4n) is 2.16. The van der Waals surface area contributed by atoms with Crippen molar-refractivity contribution in [3.05, 3.63) is 16.4 Å². The van der Waals surface area contributed by atoms with E-state index < -0.39 is 0 Å². The van der Waals surface area contributed by atoms with Gasteiger partial charge in [0.15, 0.2) is 0 Å². The summed E-state index contributed by atoms with van der Waals surface area (Å²) in [5.41, 5.74) is 2.50. The summed E-state index contributed by atoms with van der Waals surface area (Å²) in [5, 5.41) is 8.62. The standard InChI is InChI=1S/C14H26ClN3/c1-7-16-9-11(14(3,4)5)8-12-10(2)17-18(6)13(12)15/h11,16H,7-9H2,1-6H3. The molecule has 1 atom stereocenters. The lowest BCUT2D eigenvalue weighted by molar-refractivity contribution is 0.232. The molecule has 0 aliphatic carbocycles. The minimum Gasteiger partial charge on any atom is -0.317 e. The van der Waals surface area contributed by atoms with E-state index in [0.29, 0.717) is 5.92 Å². The molecule has 0 amide bonds. The lowest BCUT2D eigenvalue weighted by Crippen LogP contribution is -2.33. The van der Waals surface area contributed by atoms with Crippen LogP contribution in [0.25, 0.3) is 0 Å². The second kappa shape index (κ2) is 6.07. The highest BCUT2D eigenvalue weighted by atomic mass is 35.5. The minimum atomic E-state index is 0.258. The van der Waals surface area contributed by atoms with Crippen LogP contribution in [0.5, 0.6) is 0 Å². The zero-order valence-corrected chi connectivity index (χ0v) is 13.2. The number of halogens is 1. The van der Waals surface area contributed by atoms with Crippen LogP contribution in [0.1, 0.15) is 39.0 Å². The fraction of sp³-hybridized carbons (Fsp3) is 0.786. The molecule has 3 nitrogen and oxygen atoms in total. The zero-order chi connectivity index (χ0) is 13.9. The lowest BCUT2D eigenvalue weighted by atomic mass is 9.77. The van der Waals surface area contributed by atoms with E-state index in [2.05, 4.69) is 38.1 Å². The number of nitrogens with zero attached hydrogens (tertiary/aromatic N) is 2. The van der Waals surface area contributed by atoms with Crippen molar-refractivity contribution in [2.45, 2.75) is 41.0 Å². The van der Waals surface area contributed by atoms with Gasteiger partial charge in [-0.1, -0.05) is 39.3 Å². The Bertz CT molecular complexity index is 390. The second-order valence-electron chi connectivity index (χ2n) is 6.05. The van der Waals surface area contributed by atoms with Crippen LogP contribution >= 0.6 is 11.6 Å². The molecule has 0 aliphatic heterocycles. The molecule has 1 rings (SSSR count). The smallest absolute Gasteiger partial charge is 0.130 e. The zero-order valence-electron chi connectivity index (χ0n) is 12.5. The van der Waals surface area contributed by atoms with E-state index in [4.69, 9.17) is 11.6 Å². The molecule has 0 bridgehead atoms. The van der Waals surface area contributed by atoms with Gasteiger partial charge in [0, 0.05) is 12.6 Å². The van der Waals surface area contributed by atoms with E-state index in [9.17, 15) is 0 Å². The third kappa shape index (κ3) is 3.72. The third-order valence-electron chi connectivity index (χ3n) is 3.59. The molecule has 0 aromatic carbocycles. The first-order chi connectivity index (χ1) is 8.27. The van der Waals surface area contributed by atoms with Crippen molar-refractivity contribution >= 4 is 11.6 Å². The predicted octanol–water partition coefficient (Wildman–Crippen LogP) is 3.20. The normalized spacial score (nSPS) is 13.9. The Morgan fingerprint density at radius 1 is 1.39 bits per heavy atom. The average Bonchev–Trinajstić information content (AvgIpc) is 2.48. The molecule has 1 unspecified atom stereocenters. The molecule has 4 heteroatoms. The largest absolute Gasteiger partial charge is 0.317 e. The Hall–Kier alpha value is -0.540. The Labute approximate surface area is 116 Å². The molecule has 104 valence electrons. The van der Waals surface area contributed by atoms with E-state index in [0.717, 1.165) is 30.4 Å². The summed E-state index contributed by atoms with van der Waals surface area (Å²) in [4.78, 5) is 0. The number of hydrogen-bond acceptors (Lipinski definition) is 2. The topological polar surface area (TPSA) is 29.9 Å². The second-order valence-corrected chi connectivity index (χ2v) is 6.41. The number of rotatable bonds is 5. The SMILES string of the molecule is CCNCC(Cc1c(C)nn(C)c1Cl)C(C)(C)C. The fourth-order valence-corrected chi connectivity index (χ4v) is 2.41. The summed E-state index contributed by atoms with van der Waals surface area (Å²) in [6.07, 6.45) is 0.981. The van der Waals surface area contributed by atoms with Crippen molar-refractivity contribution < 1.29 is 0 Å². The van der Waals surface area contributed by atoms with E-state index in [-0.39, 0.29) is 5.41 Å². The van der Waals surface area contributed by atoms with Crippen molar-refractivity contribution in [1.29, 1.82) is 0 Å². The van der Waals surface area contributed by atoms with E-state index in [1.54, 1.807) is 4.68 Å². The molecule has 0 saturated carbocycles. The highest BCUT2D eigenvalue weighted by Gasteiger charge is 2.26. The third-order valence-corrected chi connectivity index (χ3v) is 4.06. The summed E-state index contributed by atoms with van der Waals surface area (Å²) in [6.45, 7) is 13.1. The first-order valence-electron chi connectivity index (χ1n) is 6.66. The summed E-state index contributed by atoms with van der Waals surface area (Å²) in [7, 11) is 1.90. The van der Waals surface area contributed by atoms with E-state index in [1.165, 1.54) is 5.56 Å². The molecule has 18 heavy (non-hydrogen) atoms. The molecule has 0 saturated heterocycles. The van der Waals surface area contributed by atoms with Crippen molar-refractivity contribution in [2.75, 3.05) is 13.1 Å². The molecule has 0 aliphatic rings. The van der Waals surface area contributed by atoms with E-state index >= 15 is 0 Å². The molecule has 1 aromatic heterocycles. The van der Waals surface area contributed by atoms with Gasteiger partial charge in [-0.05, 0) is 37.8 Å². The molecular formula is C14H26ClN3.